The summed E-state index contributed by atoms with van der Waals surface area (Å²) in [6, 6.07) is 7.00. The second-order valence-corrected chi connectivity index (χ2v) is 2.28. The summed E-state index contributed by atoms with van der Waals surface area (Å²) in [5, 5.41) is 0. The molecule has 2 nitrogen and oxygen atoms in total. The summed E-state index contributed by atoms with van der Waals surface area (Å²) in [6.07, 6.45) is 4.15. The van der Waals surface area contributed by atoms with E-state index in [9.17, 15) is 4.79 Å². The van der Waals surface area contributed by atoms with Crippen molar-refractivity contribution >= 4 is 6.29 Å². The maximum Gasteiger partial charge on any atom is 0.150 e. The average Bonchev–Trinajstić information content (AvgIpc) is 2.15. The molecule has 62 valence electrons. The van der Waals surface area contributed by atoms with Crippen LogP contribution in [0.1, 0.15) is 17.3 Å². The summed E-state index contributed by atoms with van der Waals surface area (Å²) >= 11 is 0. The van der Waals surface area contributed by atoms with Crippen molar-refractivity contribution < 1.29 is 9.53 Å². The molecule has 0 aliphatic heterocycles. The highest BCUT2D eigenvalue weighted by atomic mass is 16.5. The van der Waals surface area contributed by atoms with Gasteiger partial charge >= 0.3 is 0 Å². The van der Waals surface area contributed by atoms with E-state index >= 15 is 0 Å². The van der Waals surface area contributed by atoms with Crippen LogP contribution in [-0.4, -0.2) is 6.29 Å². The van der Waals surface area contributed by atoms with Crippen LogP contribution in [0, 0.1) is 0 Å². The maximum atomic E-state index is 10.4. The number of carbonyl (C=O) groups excluding carboxylic acids is 1. The minimum atomic E-state index is 0.622. The summed E-state index contributed by atoms with van der Waals surface area (Å²) in [6.45, 7) is 1.86. The van der Waals surface area contributed by atoms with Gasteiger partial charge in [-0.1, -0.05) is 18.2 Å². The standard InChI is InChI=1S/C10H10O2/c1-2-6-12-10-5-3-4-9(7-10)8-11/h2-8H,1H3. The summed E-state index contributed by atoms with van der Waals surface area (Å²) in [5.74, 6) is 0.678. The van der Waals surface area contributed by atoms with Gasteiger partial charge in [-0.2, -0.15) is 0 Å². The highest BCUT2D eigenvalue weighted by Gasteiger charge is 1.92. The van der Waals surface area contributed by atoms with E-state index in [4.69, 9.17) is 4.74 Å². The Morgan fingerprint density at radius 2 is 2.25 bits per heavy atom. The van der Waals surface area contributed by atoms with Gasteiger partial charge in [-0.15, -0.1) is 0 Å². The fourth-order valence-electron chi connectivity index (χ4n) is 0.808. The molecule has 0 radical (unpaired) electrons. The Morgan fingerprint density at radius 3 is 2.92 bits per heavy atom. The third-order valence-corrected chi connectivity index (χ3v) is 1.33. The van der Waals surface area contributed by atoms with Gasteiger partial charge in [0.2, 0.25) is 0 Å². The first-order chi connectivity index (χ1) is 5.86. The molecule has 0 atom stereocenters. The Labute approximate surface area is 71.5 Å². The summed E-state index contributed by atoms with van der Waals surface area (Å²) in [4.78, 5) is 10.4. The molecule has 1 aromatic rings. The fourth-order valence-corrected chi connectivity index (χ4v) is 0.808. The van der Waals surface area contributed by atoms with E-state index in [0.717, 1.165) is 6.29 Å². The third kappa shape index (κ3) is 2.23. The number of ether oxygens (including phenoxy) is 1. The number of carbonyl (C=O) groups is 1. The van der Waals surface area contributed by atoms with Gasteiger partial charge in [0.25, 0.3) is 0 Å². The highest BCUT2D eigenvalue weighted by molar-refractivity contribution is 5.75. The Balaban J connectivity index is 2.79. The van der Waals surface area contributed by atoms with Crippen LogP contribution in [0.5, 0.6) is 5.75 Å². The van der Waals surface area contributed by atoms with Crippen molar-refractivity contribution in [3.63, 3.8) is 0 Å². The molecule has 1 rings (SSSR count). The van der Waals surface area contributed by atoms with Gasteiger partial charge in [0.05, 0.1) is 6.26 Å². The summed E-state index contributed by atoms with van der Waals surface area (Å²) in [7, 11) is 0. The molecule has 0 saturated heterocycles. The van der Waals surface area contributed by atoms with Crippen LogP contribution in [0.2, 0.25) is 0 Å². The molecule has 0 bridgehead atoms. The Hall–Kier alpha value is -1.57. The van der Waals surface area contributed by atoms with E-state index in [2.05, 4.69) is 0 Å². The van der Waals surface area contributed by atoms with Gasteiger partial charge < -0.3 is 4.74 Å². The maximum absolute atomic E-state index is 10.4. The SMILES string of the molecule is CC=COc1cccc(C=O)c1. The van der Waals surface area contributed by atoms with Crippen LogP contribution in [0.4, 0.5) is 0 Å². The number of benzene rings is 1. The lowest BCUT2D eigenvalue weighted by Crippen LogP contribution is -1.83. The highest BCUT2D eigenvalue weighted by Crippen LogP contribution is 2.11. The number of aldehydes is 1. The smallest absolute Gasteiger partial charge is 0.150 e. The van der Waals surface area contributed by atoms with Gasteiger partial charge in [-0.05, 0) is 19.1 Å². The lowest BCUT2D eigenvalue weighted by atomic mass is 10.2. The molecule has 0 fully saturated rings. The molecule has 0 aliphatic rings. The van der Waals surface area contributed by atoms with Crippen molar-refractivity contribution in [3.8, 4) is 5.75 Å². The van der Waals surface area contributed by atoms with E-state index in [1.54, 1.807) is 36.6 Å². The topological polar surface area (TPSA) is 26.3 Å². The van der Waals surface area contributed by atoms with E-state index < -0.39 is 0 Å². The van der Waals surface area contributed by atoms with Crippen LogP contribution < -0.4 is 4.74 Å². The number of hydrogen-bond donors (Lipinski definition) is 0. The third-order valence-electron chi connectivity index (χ3n) is 1.33. The molecule has 0 amide bonds. The average molecular weight is 162 g/mol. The predicted molar refractivity (Wildman–Crippen MR) is 47.3 cm³/mol. The van der Waals surface area contributed by atoms with E-state index in [0.29, 0.717) is 11.3 Å². The van der Waals surface area contributed by atoms with Crippen molar-refractivity contribution in [3.05, 3.63) is 42.2 Å². The van der Waals surface area contributed by atoms with Crippen molar-refractivity contribution in [2.45, 2.75) is 6.92 Å². The first-order valence-electron chi connectivity index (χ1n) is 3.70. The van der Waals surface area contributed by atoms with E-state index in [1.807, 2.05) is 6.92 Å². The zero-order chi connectivity index (χ0) is 8.81. The number of rotatable bonds is 3. The lowest BCUT2D eigenvalue weighted by molar-refractivity contribution is 0.112. The molecule has 1 aromatic carbocycles. The van der Waals surface area contributed by atoms with Crippen molar-refractivity contribution in [1.29, 1.82) is 0 Å². The van der Waals surface area contributed by atoms with Crippen LogP contribution in [0.3, 0.4) is 0 Å². The van der Waals surface area contributed by atoms with Crippen molar-refractivity contribution in [1.82, 2.24) is 0 Å². The minimum Gasteiger partial charge on any atom is -0.465 e. The molecule has 0 saturated carbocycles. The lowest BCUT2D eigenvalue weighted by Gasteiger charge is -1.98. The second-order valence-electron chi connectivity index (χ2n) is 2.28. The van der Waals surface area contributed by atoms with Crippen LogP contribution in [0.15, 0.2) is 36.6 Å². The molecule has 0 aromatic heterocycles. The molecule has 0 aliphatic carbocycles. The van der Waals surface area contributed by atoms with Crippen molar-refractivity contribution in [2.24, 2.45) is 0 Å². The Bertz CT molecular complexity index is 290. The number of hydrogen-bond acceptors (Lipinski definition) is 2. The zero-order valence-corrected chi connectivity index (χ0v) is 6.86. The van der Waals surface area contributed by atoms with E-state index in [-0.39, 0.29) is 0 Å². The first-order valence-corrected chi connectivity index (χ1v) is 3.70. The zero-order valence-electron chi connectivity index (χ0n) is 6.86. The molecule has 12 heavy (non-hydrogen) atoms. The molecular formula is C10H10O2. The molecule has 0 heterocycles. The summed E-state index contributed by atoms with van der Waals surface area (Å²) in [5.41, 5.74) is 0.622. The van der Waals surface area contributed by atoms with Gasteiger partial charge in [0.1, 0.15) is 12.0 Å². The van der Waals surface area contributed by atoms with Crippen LogP contribution >= 0.6 is 0 Å². The summed E-state index contributed by atoms with van der Waals surface area (Å²) < 4.78 is 5.16. The largest absolute Gasteiger partial charge is 0.465 e. The van der Waals surface area contributed by atoms with Gasteiger partial charge in [-0.3, -0.25) is 4.79 Å². The normalized spacial score (nSPS) is 10.1. The molecule has 0 N–H and O–H groups in total. The molecule has 0 unspecified atom stereocenters. The number of allylic oxidation sites excluding steroid dienone is 1. The minimum absolute atomic E-state index is 0.622. The Morgan fingerprint density at radius 1 is 1.42 bits per heavy atom. The monoisotopic (exact) mass is 162 g/mol. The van der Waals surface area contributed by atoms with Gasteiger partial charge in [0.15, 0.2) is 0 Å². The van der Waals surface area contributed by atoms with Gasteiger partial charge in [0, 0.05) is 5.56 Å². The fraction of sp³-hybridized carbons (Fsp3) is 0.100. The molecule has 0 spiro atoms. The second kappa shape index (κ2) is 4.34. The molecular weight excluding hydrogens is 152 g/mol. The van der Waals surface area contributed by atoms with Crippen LogP contribution in [-0.2, 0) is 0 Å². The molecule has 2 heteroatoms. The predicted octanol–water partition coefficient (Wildman–Crippen LogP) is 2.41. The van der Waals surface area contributed by atoms with Crippen LogP contribution in [0.25, 0.3) is 0 Å². The van der Waals surface area contributed by atoms with E-state index in [1.165, 1.54) is 0 Å². The van der Waals surface area contributed by atoms with Crippen molar-refractivity contribution in [2.75, 3.05) is 0 Å². The van der Waals surface area contributed by atoms with Gasteiger partial charge in [-0.25, -0.2) is 0 Å². The first kappa shape index (κ1) is 8.53. The Kier molecular flexibility index (Phi) is 3.08. The quantitative estimate of drug-likeness (QED) is 0.504.